The second kappa shape index (κ2) is 9.31. The van der Waals surface area contributed by atoms with E-state index in [0.29, 0.717) is 0 Å². The van der Waals surface area contributed by atoms with Crippen molar-refractivity contribution >= 4 is 91.2 Å². The van der Waals surface area contributed by atoms with Crippen LogP contribution < -0.4 is 4.90 Å². The first kappa shape index (κ1) is 23.8. The highest BCUT2D eigenvalue weighted by atomic mass is 32.1. The van der Waals surface area contributed by atoms with Crippen LogP contribution in [0.3, 0.4) is 0 Å². The van der Waals surface area contributed by atoms with Crippen LogP contribution in [0, 0.1) is 0 Å². The van der Waals surface area contributed by atoms with Gasteiger partial charge in [-0.05, 0) is 83.9 Å². The van der Waals surface area contributed by atoms with E-state index in [1.807, 2.05) is 34.8 Å². The zero-order valence-corrected chi connectivity index (χ0v) is 24.1. The summed E-state index contributed by atoms with van der Waals surface area (Å²) in [5, 5.41) is 4.98. The maximum Gasteiger partial charge on any atom is 0.154 e. The van der Waals surface area contributed by atoms with Gasteiger partial charge >= 0.3 is 0 Å². The molecule has 3 heterocycles. The van der Waals surface area contributed by atoms with Gasteiger partial charge in [-0.25, -0.2) is 0 Å². The van der Waals surface area contributed by atoms with Crippen LogP contribution in [0.1, 0.15) is 0 Å². The van der Waals surface area contributed by atoms with Gasteiger partial charge in [-0.2, -0.15) is 0 Å². The minimum atomic E-state index is 0.953. The average molecular weight is 574 g/mol. The van der Waals surface area contributed by atoms with Crippen molar-refractivity contribution in [3.05, 3.63) is 140 Å². The zero-order valence-electron chi connectivity index (χ0n) is 22.5. The highest BCUT2D eigenvalue weighted by Crippen LogP contribution is 2.43. The minimum Gasteiger partial charge on any atom is -0.454 e. The number of thiophene rings is 2. The molecular weight excluding hydrogens is 551 g/mol. The number of nitrogens with zero attached hydrogens (tertiary/aromatic N) is 1. The van der Waals surface area contributed by atoms with E-state index in [4.69, 9.17) is 4.42 Å². The van der Waals surface area contributed by atoms with Crippen LogP contribution in [-0.2, 0) is 0 Å². The Morgan fingerprint density at radius 2 is 1.12 bits per heavy atom. The van der Waals surface area contributed by atoms with Crippen molar-refractivity contribution in [2.24, 2.45) is 0 Å². The predicted molar refractivity (Wildman–Crippen MR) is 182 cm³/mol. The number of anilines is 3. The second-order valence-corrected chi connectivity index (χ2v) is 12.7. The van der Waals surface area contributed by atoms with Crippen LogP contribution in [-0.4, -0.2) is 0 Å². The fourth-order valence-corrected chi connectivity index (χ4v) is 8.35. The summed E-state index contributed by atoms with van der Waals surface area (Å²) >= 11 is 3.66. The normalized spacial score (nSPS) is 11.8. The van der Waals surface area contributed by atoms with Crippen molar-refractivity contribution in [3.8, 4) is 11.1 Å². The molecule has 0 saturated carbocycles. The third kappa shape index (κ3) is 3.69. The first-order valence-corrected chi connectivity index (χ1v) is 15.6. The fourth-order valence-electron chi connectivity index (χ4n) is 6.06. The molecule has 0 amide bonds. The Balaban J connectivity index is 1.13. The predicted octanol–water partition coefficient (Wildman–Crippen LogP) is 12.3. The van der Waals surface area contributed by atoms with Gasteiger partial charge in [-0.3, -0.25) is 0 Å². The Bertz CT molecular complexity index is 2410. The summed E-state index contributed by atoms with van der Waals surface area (Å²) in [6.07, 6.45) is 0. The number of rotatable bonds is 4. The van der Waals surface area contributed by atoms with E-state index in [-0.39, 0.29) is 0 Å². The molecule has 0 unspecified atom stereocenters. The Hall–Kier alpha value is -4.90. The summed E-state index contributed by atoms with van der Waals surface area (Å²) in [4.78, 5) is 2.34. The van der Waals surface area contributed by atoms with E-state index < -0.39 is 0 Å². The molecule has 0 radical (unpaired) electrons. The van der Waals surface area contributed by atoms with Crippen LogP contribution in [0.2, 0.25) is 0 Å². The molecule has 6 aromatic carbocycles. The molecule has 2 nitrogen and oxygen atoms in total. The molecule has 0 aliphatic rings. The number of furan rings is 1. The lowest BCUT2D eigenvalue weighted by Crippen LogP contribution is -2.09. The van der Waals surface area contributed by atoms with Gasteiger partial charge in [-0.15, -0.1) is 22.7 Å². The molecule has 9 aromatic rings. The van der Waals surface area contributed by atoms with Gasteiger partial charge in [0.2, 0.25) is 0 Å². The van der Waals surface area contributed by atoms with Crippen molar-refractivity contribution in [1.82, 2.24) is 0 Å². The molecule has 0 fully saturated rings. The molecule has 0 spiro atoms. The van der Waals surface area contributed by atoms with Gasteiger partial charge in [0.25, 0.3) is 0 Å². The second-order valence-electron chi connectivity index (χ2n) is 10.6. The van der Waals surface area contributed by atoms with Crippen molar-refractivity contribution in [1.29, 1.82) is 0 Å². The summed E-state index contributed by atoms with van der Waals surface area (Å²) < 4.78 is 11.3. The Morgan fingerprint density at radius 3 is 2.00 bits per heavy atom. The summed E-state index contributed by atoms with van der Waals surface area (Å²) in [5.74, 6) is 0. The maximum atomic E-state index is 6.23. The van der Waals surface area contributed by atoms with E-state index in [0.717, 1.165) is 28.2 Å². The van der Waals surface area contributed by atoms with Gasteiger partial charge in [0, 0.05) is 52.7 Å². The molecule has 9 rings (SSSR count). The lowest BCUT2D eigenvalue weighted by Gasteiger charge is -2.25. The third-order valence-electron chi connectivity index (χ3n) is 8.08. The lowest BCUT2D eigenvalue weighted by molar-refractivity contribution is 0.673. The molecule has 198 valence electrons. The van der Waals surface area contributed by atoms with E-state index in [2.05, 4.69) is 132 Å². The number of fused-ring (bicyclic) bond motifs is 8. The smallest absolute Gasteiger partial charge is 0.154 e. The van der Waals surface area contributed by atoms with Crippen molar-refractivity contribution in [2.75, 3.05) is 4.90 Å². The summed E-state index contributed by atoms with van der Waals surface area (Å²) in [5.41, 5.74) is 7.77. The molecule has 3 aromatic heterocycles. The molecule has 0 saturated heterocycles. The summed E-state index contributed by atoms with van der Waals surface area (Å²) in [7, 11) is 0. The Labute approximate surface area is 250 Å². The highest BCUT2D eigenvalue weighted by molar-refractivity contribution is 7.26. The number of hydrogen-bond acceptors (Lipinski definition) is 4. The lowest BCUT2D eigenvalue weighted by atomic mass is 10.0. The van der Waals surface area contributed by atoms with E-state index in [1.165, 1.54) is 51.5 Å². The van der Waals surface area contributed by atoms with Crippen LogP contribution in [0.15, 0.2) is 144 Å². The zero-order chi connectivity index (χ0) is 27.6. The molecule has 0 atom stereocenters. The van der Waals surface area contributed by atoms with E-state index >= 15 is 0 Å². The van der Waals surface area contributed by atoms with Gasteiger partial charge in [0.05, 0.1) is 4.70 Å². The number of hydrogen-bond donors (Lipinski definition) is 0. The van der Waals surface area contributed by atoms with Crippen LogP contribution in [0.5, 0.6) is 0 Å². The van der Waals surface area contributed by atoms with Crippen molar-refractivity contribution in [2.45, 2.75) is 0 Å². The van der Waals surface area contributed by atoms with Crippen LogP contribution in [0.25, 0.3) is 62.6 Å². The molecule has 0 bridgehead atoms. The van der Waals surface area contributed by atoms with Crippen molar-refractivity contribution in [3.63, 3.8) is 0 Å². The van der Waals surface area contributed by atoms with Gasteiger partial charge < -0.3 is 9.32 Å². The largest absolute Gasteiger partial charge is 0.454 e. The van der Waals surface area contributed by atoms with Gasteiger partial charge in [0.15, 0.2) is 5.58 Å². The summed E-state index contributed by atoms with van der Waals surface area (Å²) in [6, 6.07) is 50.1. The standard InChI is InChI=1S/C38H23NOS2/c1-2-8-26(9-3-1)39(28-19-21-35-32(23-28)29-10-5-7-13-34(29)41-35)27-17-14-24(15-18-27)25-16-20-31-36(22-25)42-38-30-11-4-6-12-33(30)40-37(31)38/h1-23H. The molecule has 0 aliphatic heterocycles. The molecular formula is C38H23NOS2. The summed E-state index contributed by atoms with van der Waals surface area (Å²) in [6.45, 7) is 0. The Kier molecular flexibility index (Phi) is 5.27. The van der Waals surface area contributed by atoms with E-state index in [1.54, 1.807) is 0 Å². The van der Waals surface area contributed by atoms with Crippen molar-refractivity contribution < 1.29 is 4.42 Å². The van der Waals surface area contributed by atoms with Gasteiger partial charge in [-0.1, -0.05) is 66.7 Å². The van der Waals surface area contributed by atoms with Gasteiger partial charge in [0.1, 0.15) is 5.58 Å². The fraction of sp³-hybridized carbons (Fsp3) is 0. The maximum absolute atomic E-state index is 6.23. The third-order valence-corrected chi connectivity index (χ3v) is 10.4. The van der Waals surface area contributed by atoms with Crippen LogP contribution in [0.4, 0.5) is 17.1 Å². The number of benzene rings is 6. The highest BCUT2D eigenvalue weighted by Gasteiger charge is 2.16. The molecule has 0 aliphatic carbocycles. The first-order valence-electron chi connectivity index (χ1n) is 14.0. The van der Waals surface area contributed by atoms with Crippen LogP contribution >= 0.6 is 22.7 Å². The number of para-hydroxylation sites is 2. The monoisotopic (exact) mass is 573 g/mol. The Morgan fingerprint density at radius 1 is 0.429 bits per heavy atom. The molecule has 42 heavy (non-hydrogen) atoms. The average Bonchev–Trinajstić information content (AvgIpc) is 3.71. The SMILES string of the molecule is c1ccc(N(c2ccc(-c3ccc4c(c3)sc3c5ccccc5oc43)cc2)c2ccc3sc4ccccc4c3c2)cc1. The quantitative estimate of drug-likeness (QED) is 0.208. The van der Waals surface area contributed by atoms with E-state index in [9.17, 15) is 0 Å². The minimum absolute atomic E-state index is 0.953. The topological polar surface area (TPSA) is 16.4 Å². The molecule has 4 heteroatoms. The first-order chi connectivity index (χ1) is 20.8. The molecule has 0 N–H and O–H groups in total.